The number of nitrogens with zero attached hydrogens (tertiary/aromatic N) is 4. The van der Waals surface area contributed by atoms with Crippen molar-refractivity contribution >= 4 is 0 Å². The first-order chi connectivity index (χ1) is 12.9. The van der Waals surface area contributed by atoms with Gasteiger partial charge in [-0.1, -0.05) is 30.3 Å². The van der Waals surface area contributed by atoms with Crippen LogP contribution in [0.25, 0.3) is 22.6 Å². The molecule has 1 saturated heterocycles. The van der Waals surface area contributed by atoms with Crippen LogP contribution in [0.5, 0.6) is 0 Å². The van der Waals surface area contributed by atoms with Crippen molar-refractivity contribution in [3.8, 4) is 22.6 Å². The second-order valence-electron chi connectivity index (χ2n) is 7.12. The first-order valence-corrected chi connectivity index (χ1v) is 9.51. The zero-order valence-corrected chi connectivity index (χ0v) is 14.9. The third-order valence-electron chi connectivity index (χ3n) is 5.38. The summed E-state index contributed by atoms with van der Waals surface area (Å²) >= 11 is 0. The van der Waals surface area contributed by atoms with Gasteiger partial charge in [0.15, 0.2) is 0 Å². The summed E-state index contributed by atoms with van der Waals surface area (Å²) in [7, 11) is 0. The molecule has 6 nitrogen and oxygen atoms in total. The summed E-state index contributed by atoms with van der Waals surface area (Å²) in [6.45, 7) is 4.92. The van der Waals surface area contributed by atoms with E-state index in [2.05, 4.69) is 50.2 Å². The van der Waals surface area contributed by atoms with Crippen molar-refractivity contribution in [2.45, 2.75) is 25.4 Å². The van der Waals surface area contributed by atoms with Gasteiger partial charge in [-0.3, -0.25) is 4.68 Å². The van der Waals surface area contributed by atoms with Crippen molar-refractivity contribution in [3.05, 3.63) is 48.4 Å². The number of hydrogen-bond acceptors (Lipinski definition) is 4. The molecule has 26 heavy (non-hydrogen) atoms. The van der Waals surface area contributed by atoms with Gasteiger partial charge in [-0.05, 0) is 18.9 Å². The van der Waals surface area contributed by atoms with E-state index in [0.717, 1.165) is 61.8 Å². The van der Waals surface area contributed by atoms with E-state index in [1.165, 1.54) is 12.1 Å². The molecule has 3 aromatic rings. The third-order valence-corrected chi connectivity index (χ3v) is 5.38. The number of rotatable bonds is 3. The fourth-order valence-corrected chi connectivity index (χ4v) is 4.06. The molecule has 0 saturated carbocycles. The molecule has 0 bridgehead atoms. The Morgan fingerprint density at radius 3 is 2.62 bits per heavy atom. The fourth-order valence-electron chi connectivity index (χ4n) is 4.06. The minimum absolute atomic E-state index is 0.328. The molecule has 4 heterocycles. The smallest absolute Gasteiger partial charge is 0.111 e. The highest BCUT2D eigenvalue weighted by Crippen LogP contribution is 2.34. The Morgan fingerprint density at radius 2 is 1.85 bits per heavy atom. The van der Waals surface area contributed by atoms with Crippen molar-refractivity contribution in [1.82, 2.24) is 30.0 Å². The standard InChI is InChI=1S/C20H24N6/c1-2-5-15(6-3-1)19-20(18-11-16-7-4-10-26(16)24-18)25(14-23-19)17-12-21-8-9-22-13-17/h1-3,5-6,11,14,17,21-22H,4,7-10,12-13H2. The van der Waals surface area contributed by atoms with E-state index in [1.54, 1.807) is 0 Å². The molecule has 0 atom stereocenters. The van der Waals surface area contributed by atoms with Crippen molar-refractivity contribution in [1.29, 1.82) is 0 Å². The zero-order valence-electron chi connectivity index (χ0n) is 14.9. The van der Waals surface area contributed by atoms with Crippen LogP contribution in [0.1, 0.15) is 18.2 Å². The minimum Gasteiger partial charge on any atom is -0.323 e. The first kappa shape index (κ1) is 15.8. The van der Waals surface area contributed by atoms with Gasteiger partial charge in [0.25, 0.3) is 0 Å². The van der Waals surface area contributed by atoms with E-state index in [9.17, 15) is 0 Å². The molecule has 6 heteroatoms. The SMILES string of the molecule is c1ccc(-c2ncn(C3CNCCNC3)c2-c2cc3n(n2)CCC3)cc1. The Labute approximate surface area is 153 Å². The zero-order chi connectivity index (χ0) is 17.3. The normalized spacial score (nSPS) is 18.0. The van der Waals surface area contributed by atoms with E-state index in [1.807, 2.05) is 12.4 Å². The second kappa shape index (κ2) is 6.70. The van der Waals surface area contributed by atoms with Crippen LogP contribution >= 0.6 is 0 Å². The summed E-state index contributed by atoms with van der Waals surface area (Å²) in [5, 5.41) is 12.0. The topological polar surface area (TPSA) is 59.7 Å². The Kier molecular flexibility index (Phi) is 4.07. The lowest BCUT2D eigenvalue weighted by molar-refractivity contribution is 0.481. The number of nitrogens with one attached hydrogen (secondary N) is 2. The summed E-state index contributed by atoms with van der Waals surface area (Å²) in [6, 6.07) is 13.0. The Morgan fingerprint density at radius 1 is 1.04 bits per heavy atom. The minimum atomic E-state index is 0.328. The lowest BCUT2D eigenvalue weighted by Crippen LogP contribution is -2.27. The highest BCUT2D eigenvalue weighted by Gasteiger charge is 2.25. The summed E-state index contributed by atoms with van der Waals surface area (Å²) < 4.78 is 4.47. The number of fused-ring (bicyclic) bond motifs is 1. The fraction of sp³-hybridized carbons (Fsp3) is 0.400. The number of aryl methyl sites for hydroxylation is 2. The highest BCUT2D eigenvalue weighted by molar-refractivity contribution is 5.77. The largest absolute Gasteiger partial charge is 0.323 e. The van der Waals surface area contributed by atoms with Crippen LogP contribution in [-0.2, 0) is 13.0 Å². The van der Waals surface area contributed by atoms with Gasteiger partial charge in [0, 0.05) is 44.0 Å². The van der Waals surface area contributed by atoms with Crippen LogP contribution < -0.4 is 10.6 Å². The van der Waals surface area contributed by atoms with E-state index in [0.29, 0.717) is 6.04 Å². The summed E-state index contributed by atoms with van der Waals surface area (Å²) in [5.41, 5.74) is 5.67. The second-order valence-corrected chi connectivity index (χ2v) is 7.12. The van der Waals surface area contributed by atoms with Crippen molar-refractivity contribution in [3.63, 3.8) is 0 Å². The molecule has 134 valence electrons. The Bertz CT molecular complexity index is 865. The van der Waals surface area contributed by atoms with Gasteiger partial charge in [0.1, 0.15) is 5.69 Å². The summed E-state index contributed by atoms with van der Waals surface area (Å²) in [4.78, 5) is 4.81. The number of imidazole rings is 1. The molecule has 0 aliphatic carbocycles. The van der Waals surface area contributed by atoms with Gasteiger partial charge in [-0.15, -0.1) is 0 Å². The van der Waals surface area contributed by atoms with E-state index in [4.69, 9.17) is 10.1 Å². The maximum absolute atomic E-state index is 4.91. The van der Waals surface area contributed by atoms with Crippen LogP contribution in [0.3, 0.4) is 0 Å². The molecule has 0 radical (unpaired) electrons. The van der Waals surface area contributed by atoms with Gasteiger partial charge < -0.3 is 15.2 Å². The average molecular weight is 348 g/mol. The monoisotopic (exact) mass is 348 g/mol. The maximum Gasteiger partial charge on any atom is 0.111 e. The van der Waals surface area contributed by atoms with Gasteiger partial charge in [-0.2, -0.15) is 5.10 Å². The highest BCUT2D eigenvalue weighted by atomic mass is 15.3. The van der Waals surface area contributed by atoms with E-state index >= 15 is 0 Å². The molecule has 0 amide bonds. The molecule has 0 spiro atoms. The molecule has 2 aliphatic rings. The Balaban J connectivity index is 1.64. The average Bonchev–Trinajstić information content (AvgIpc) is 3.32. The van der Waals surface area contributed by atoms with Gasteiger partial charge in [0.2, 0.25) is 0 Å². The molecule has 1 fully saturated rings. The predicted molar refractivity (Wildman–Crippen MR) is 102 cm³/mol. The van der Waals surface area contributed by atoms with Gasteiger partial charge in [-0.25, -0.2) is 4.98 Å². The van der Waals surface area contributed by atoms with Gasteiger partial charge >= 0.3 is 0 Å². The van der Waals surface area contributed by atoms with Crippen LogP contribution in [0.2, 0.25) is 0 Å². The lowest BCUT2D eigenvalue weighted by Gasteiger charge is -2.19. The summed E-state index contributed by atoms with van der Waals surface area (Å²) in [5.74, 6) is 0. The molecule has 1 aromatic carbocycles. The number of aromatic nitrogens is 4. The van der Waals surface area contributed by atoms with E-state index in [-0.39, 0.29) is 0 Å². The Hall–Kier alpha value is -2.44. The molecular weight excluding hydrogens is 324 g/mol. The molecular formula is C20H24N6. The van der Waals surface area contributed by atoms with Crippen molar-refractivity contribution in [2.75, 3.05) is 26.2 Å². The number of benzene rings is 1. The molecule has 2 aromatic heterocycles. The summed E-state index contributed by atoms with van der Waals surface area (Å²) in [6.07, 6.45) is 4.31. The van der Waals surface area contributed by atoms with Crippen molar-refractivity contribution in [2.24, 2.45) is 0 Å². The van der Waals surface area contributed by atoms with Crippen LogP contribution in [-0.4, -0.2) is 45.5 Å². The van der Waals surface area contributed by atoms with Crippen LogP contribution in [0.15, 0.2) is 42.7 Å². The first-order valence-electron chi connectivity index (χ1n) is 9.51. The third kappa shape index (κ3) is 2.75. The van der Waals surface area contributed by atoms with Crippen LogP contribution in [0.4, 0.5) is 0 Å². The quantitative estimate of drug-likeness (QED) is 0.761. The van der Waals surface area contributed by atoms with E-state index < -0.39 is 0 Å². The van der Waals surface area contributed by atoms with Gasteiger partial charge in [0.05, 0.1) is 23.8 Å². The van der Waals surface area contributed by atoms with Crippen molar-refractivity contribution < 1.29 is 0 Å². The molecule has 5 rings (SSSR count). The predicted octanol–water partition coefficient (Wildman–Crippen LogP) is 2.09. The number of hydrogen-bond donors (Lipinski definition) is 2. The maximum atomic E-state index is 4.91. The molecule has 2 aliphatic heterocycles. The lowest BCUT2D eigenvalue weighted by atomic mass is 10.1. The van der Waals surface area contributed by atoms with Crippen LogP contribution in [0, 0.1) is 0 Å². The molecule has 2 N–H and O–H groups in total. The molecule has 0 unspecified atom stereocenters.